The highest BCUT2D eigenvalue weighted by molar-refractivity contribution is 6.69. The van der Waals surface area contributed by atoms with Gasteiger partial charge in [-0.15, -0.1) is 4.99 Å². The molecule has 0 amide bonds. The SMILES string of the molecule is Cc1cn(CCCN2C=CC(=C3C=CN(CC[N+]4=CN=C5C(=N)N=CN=C54)C=C3)C=C2)c(=O)[nH]c1=O. The largest absolute Gasteiger partial charge is 0.354 e. The monoisotopic (exact) mass is 484 g/mol. The van der Waals surface area contributed by atoms with Gasteiger partial charge in [0.2, 0.25) is 6.34 Å². The summed E-state index contributed by atoms with van der Waals surface area (Å²) in [6.07, 6.45) is 21.9. The lowest BCUT2D eigenvalue weighted by Gasteiger charge is -2.22. The zero-order chi connectivity index (χ0) is 25.1. The van der Waals surface area contributed by atoms with Crippen molar-refractivity contribution >= 4 is 30.1 Å². The van der Waals surface area contributed by atoms with Crippen molar-refractivity contribution in [1.29, 1.82) is 5.41 Å². The summed E-state index contributed by atoms with van der Waals surface area (Å²) >= 11 is 0. The molecule has 0 aromatic carbocycles. The van der Waals surface area contributed by atoms with E-state index in [4.69, 9.17) is 5.41 Å². The van der Waals surface area contributed by atoms with Crippen molar-refractivity contribution in [1.82, 2.24) is 19.4 Å². The number of allylic oxidation sites excluding steroid dienone is 6. The Morgan fingerprint density at radius 2 is 1.61 bits per heavy atom. The van der Waals surface area contributed by atoms with Gasteiger partial charge in [0, 0.05) is 49.6 Å². The molecule has 0 unspecified atom stereocenters. The molecule has 0 bridgehead atoms. The van der Waals surface area contributed by atoms with Crippen molar-refractivity contribution in [2.24, 2.45) is 15.0 Å². The number of H-pyrrole nitrogens is 1. The van der Waals surface area contributed by atoms with E-state index in [1.165, 1.54) is 6.34 Å². The molecule has 1 aromatic rings. The zero-order valence-corrected chi connectivity index (χ0v) is 19.8. The van der Waals surface area contributed by atoms with E-state index in [0.29, 0.717) is 30.2 Å². The molecule has 182 valence electrons. The van der Waals surface area contributed by atoms with Gasteiger partial charge in [0.1, 0.15) is 0 Å². The predicted octanol–water partition coefficient (Wildman–Crippen LogP) is 1.13. The molecule has 0 aliphatic carbocycles. The Hall–Kier alpha value is -4.67. The van der Waals surface area contributed by atoms with Crippen LogP contribution in [0.15, 0.2) is 91.0 Å². The number of fused-ring (bicyclic) bond motifs is 1. The van der Waals surface area contributed by atoms with Crippen LogP contribution in [0, 0.1) is 12.3 Å². The molecule has 0 spiro atoms. The molecule has 11 nitrogen and oxygen atoms in total. The van der Waals surface area contributed by atoms with E-state index >= 15 is 0 Å². The number of aliphatic imine (C=N–C) groups is 3. The minimum absolute atomic E-state index is 0.138. The molecule has 5 rings (SSSR count). The fourth-order valence-electron chi connectivity index (χ4n) is 4.07. The molecule has 5 heterocycles. The first-order valence-corrected chi connectivity index (χ1v) is 11.6. The normalized spacial score (nSPS) is 18.1. The van der Waals surface area contributed by atoms with Gasteiger partial charge in [0.25, 0.3) is 11.3 Å². The molecule has 0 saturated carbocycles. The third-order valence-corrected chi connectivity index (χ3v) is 6.12. The lowest BCUT2D eigenvalue weighted by atomic mass is 10.0. The standard InChI is InChI=1S/C25H25N9O2/c1-18-15-33(25(36)30-24(18)35)8-2-7-31-9-3-19(4-10-31)20-5-11-32(12-6-20)13-14-34-17-29-21-22(26)27-16-28-23(21)34/h3-6,9-12,15-17,26H,2,7-8,13-14H2,1H3/p+1. The average Bonchev–Trinajstić information content (AvgIpc) is 3.31. The van der Waals surface area contributed by atoms with Crippen molar-refractivity contribution in [2.45, 2.75) is 19.9 Å². The fourth-order valence-corrected chi connectivity index (χ4v) is 4.07. The summed E-state index contributed by atoms with van der Waals surface area (Å²) in [5.41, 5.74) is 2.57. The summed E-state index contributed by atoms with van der Waals surface area (Å²) in [5, 5.41) is 7.83. The van der Waals surface area contributed by atoms with Crippen LogP contribution in [0.3, 0.4) is 0 Å². The van der Waals surface area contributed by atoms with E-state index in [0.717, 1.165) is 30.7 Å². The third-order valence-electron chi connectivity index (χ3n) is 6.12. The van der Waals surface area contributed by atoms with Gasteiger partial charge in [0.05, 0.1) is 13.1 Å². The number of hydrogen-bond donors (Lipinski definition) is 2. The fraction of sp³-hybridized carbons (Fsp3) is 0.240. The van der Waals surface area contributed by atoms with Crippen LogP contribution in [0.1, 0.15) is 12.0 Å². The van der Waals surface area contributed by atoms with E-state index in [2.05, 4.69) is 54.1 Å². The first-order chi connectivity index (χ1) is 17.5. The van der Waals surface area contributed by atoms with Crippen LogP contribution in [0.5, 0.6) is 0 Å². The van der Waals surface area contributed by atoms with Crippen LogP contribution >= 0.6 is 0 Å². The molecule has 36 heavy (non-hydrogen) atoms. The molecule has 1 aromatic heterocycles. The summed E-state index contributed by atoms with van der Waals surface area (Å²) in [4.78, 5) is 42.3. The zero-order valence-electron chi connectivity index (χ0n) is 19.8. The summed E-state index contributed by atoms with van der Waals surface area (Å²) in [5.74, 6) is 0.810. The Morgan fingerprint density at radius 1 is 0.944 bits per heavy atom. The van der Waals surface area contributed by atoms with Crippen LogP contribution < -0.4 is 11.2 Å². The summed E-state index contributed by atoms with van der Waals surface area (Å²) in [7, 11) is 0. The number of aryl methyl sites for hydroxylation is 2. The number of amidine groups is 2. The maximum Gasteiger partial charge on any atom is 0.328 e. The molecular weight excluding hydrogens is 458 g/mol. The van der Waals surface area contributed by atoms with Gasteiger partial charge >= 0.3 is 11.5 Å². The van der Waals surface area contributed by atoms with Gasteiger partial charge in [-0.05, 0) is 48.8 Å². The second-order valence-corrected chi connectivity index (χ2v) is 8.60. The lowest BCUT2D eigenvalue weighted by Crippen LogP contribution is -2.34. The number of hydrogen-bond acceptors (Lipinski definition) is 7. The average molecular weight is 485 g/mol. The highest BCUT2D eigenvalue weighted by Gasteiger charge is 2.32. The highest BCUT2D eigenvalue weighted by atomic mass is 16.2. The van der Waals surface area contributed by atoms with Gasteiger partial charge in [-0.2, -0.15) is 4.99 Å². The van der Waals surface area contributed by atoms with Gasteiger partial charge in [0.15, 0.2) is 12.2 Å². The number of nitrogens with one attached hydrogen (secondary N) is 2. The molecule has 4 aliphatic rings. The van der Waals surface area contributed by atoms with E-state index in [1.807, 2.05) is 29.4 Å². The third kappa shape index (κ3) is 4.90. The van der Waals surface area contributed by atoms with Gasteiger partial charge in [-0.3, -0.25) is 15.2 Å². The van der Waals surface area contributed by atoms with E-state index in [-0.39, 0.29) is 17.1 Å². The van der Waals surface area contributed by atoms with E-state index in [1.54, 1.807) is 24.0 Å². The summed E-state index contributed by atoms with van der Waals surface area (Å²) in [6.45, 7) is 4.42. The Kier molecular flexibility index (Phi) is 6.35. The summed E-state index contributed by atoms with van der Waals surface area (Å²) < 4.78 is 3.47. The Balaban J connectivity index is 1.10. The second-order valence-electron chi connectivity index (χ2n) is 8.60. The molecular formula is C25H26N9O2+. The quantitative estimate of drug-likeness (QED) is 0.563. The Morgan fingerprint density at radius 3 is 2.31 bits per heavy atom. The van der Waals surface area contributed by atoms with Crippen molar-refractivity contribution < 1.29 is 4.58 Å². The Labute approximate surface area is 207 Å². The van der Waals surface area contributed by atoms with Crippen LogP contribution in [-0.2, 0) is 6.54 Å². The maximum absolute atomic E-state index is 11.9. The minimum atomic E-state index is -0.374. The van der Waals surface area contributed by atoms with Crippen LogP contribution in [0.2, 0.25) is 0 Å². The molecule has 0 saturated heterocycles. The molecule has 2 N–H and O–H groups in total. The number of nitrogens with zero attached hydrogens (tertiary/aromatic N) is 7. The summed E-state index contributed by atoms with van der Waals surface area (Å²) in [6, 6.07) is 0. The van der Waals surface area contributed by atoms with Gasteiger partial charge in [-0.25, -0.2) is 9.37 Å². The van der Waals surface area contributed by atoms with Gasteiger partial charge in [-0.1, -0.05) is 4.99 Å². The van der Waals surface area contributed by atoms with Crippen molar-refractivity contribution in [3.63, 3.8) is 0 Å². The number of aromatic nitrogens is 2. The first kappa shape index (κ1) is 23.1. The minimum Gasteiger partial charge on any atom is -0.354 e. The topological polar surface area (TPSA) is 125 Å². The molecule has 0 atom stereocenters. The van der Waals surface area contributed by atoms with E-state index < -0.39 is 0 Å². The van der Waals surface area contributed by atoms with Crippen molar-refractivity contribution in [2.75, 3.05) is 19.6 Å². The van der Waals surface area contributed by atoms with Crippen molar-refractivity contribution in [3.8, 4) is 0 Å². The van der Waals surface area contributed by atoms with Crippen molar-refractivity contribution in [3.05, 3.63) is 92.8 Å². The second kappa shape index (κ2) is 9.90. The molecule has 0 fully saturated rings. The molecule has 0 radical (unpaired) electrons. The van der Waals surface area contributed by atoms with Crippen LogP contribution in [0.4, 0.5) is 0 Å². The molecule has 11 heteroatoms. The molecule has 4 aliphatic heterocycles. The number of aromatic amines is 1. The van der Waals surface area contributed by atoms with Crippen LogP contribution in [-0.4, -0.2) is 73.6 Å². The first-order valence-electron chi connectivity index (χ1n) is 11.6. The highest BCUT2D eigenvalue weighted by Crippen LogP contribution is 2.19. The van der Waals surface area contributed by atoms with E-state index in [9.17, 15) is 9.59 Å². The smallest absolute Gasteiger partial charge is 0.328 e. The Bertz CT molecular complexity index is 1460. The number of rotatable bonds is 7. The maximum atomic E-state index is 11.9. The predicted molar refractivity (Wildman–Crippen MR) is 140 cm³/mol. The lowest BCUT2D eigenvalue weighted by molar-refractivity contribution is -0.397. The van der Waals surface area contributed by atoms with Crippen LogP contribution in [0.25, 0.3) is 0 Å². The van der Waals surface area contributed by atoms with Gasteiger partial charge < -0.3 is 14.4 Å².